The highest BCUT2D eigenvalue weighted by molar-refractivity contribution is 5.79. The number of halogens is 2. The number of hydrogen-bond acceptors (Lipinski definition) is 2. The zero-order valence-corrected chi connectivity index (χ0v) is 10.5. The Kier molecular flexibility index (Phi) is 4.86. The van der Waals surface area contributed by atoms with Crippen LogP contribution < -0.4 is 11.1 Å². The summed E-state index contributed by atoms with van der Waals surface area (Å²) in [5.74, 6) is -2.74. The van der Waals surface area contributed by atoms with Crippen LogP contribution in [0.25, 0.3) is 0 Å². The highest BCUT2D eigenvalue weighted by Crippen LogP contribution is 2.36. The summed E-state index contributed by atoms with van der Waals surface area (Å²) in [5, 5.41) is 2.86. The maximum atomic E-state index is 12.9. The molecule has 17 heavy (non-hydrogen) atoms. The molecule has 2 unspecified atom stereocenters. The monoisotopic (exact) mass is 248 g/mol. The molecule has 3 nitrogen and oxygen atoms in total. The first kappa shape index (κ1) is 14.4. The van der Waals surface area contributed by atoms with E-state index in [2.05, 4.69) is 5.32 Å². The number of alkyl halides is 2. The van der Waals surface area contributed by atoms with E-state index in [1.807, 2.05) is 13.8 Å². The van der Waals surface area contributed by atoms with Crippen molar-refractivity contribution in [3.63, 3.8) is 0 Å². The normalized spacial score (nSPS) is 24.1. The maximum Gasteiger partial charge on any atom is 0.248 e. The van der Waals surface area contributed by atoms with Gasteiger partial charge in [0.2, 0.25) is 11.8 Å². The van der Waals surface area contributed by atoms with Crippen LogP contribution in [0.5, 0.6) is 0 Å². The third-order valence-electron chi connectivity index (χ3n) is 3.68. The summed E-state index contributed by atoms with van der Waals surface area (Å²) in [6.07, 6.45) is 0.211. The molecular formula is C12H22F2N2O. The van der Waals surface area contributed by atoms with Crippen molar-refractivity contribution in [1.82, 2.24) is 5.32 Å². The molecule has 0 spiro atoms. The van der Waals surface area contributed by atoms with E-state index in [-0.39, 0.29) is 49.5 Å². The summed E-state index contributed by atoms with van der Waals surface area (Å²) in [6, 6.07) is -0.00469. The summed E-state index contributed by atoms with van der Waals surface area (Å²) in [6.45, 7) is 4.36. The molecule has 5 heteroatoms. The molecule has 1 aliphatic rings. The van der Waals surface area contributed by atoms with Gasteiger partial charge in [0.1, 0.15) is 0 Å². The number of hydrogen-bond donors (Lipinski definition) is 2. The van der Waals surface area contributed by atoms with Crippen LogP contribution in [0.3, 0.4) is 0 Å². The van der Waals surface area contributed by atoms with Crippen molar-refractivity contribution in [2.45, 2.75) is 51.5 Å². The van der Waals surface area contributed by atoms with Crippen LogP contribution in [0.15, 0.2) is 0 Å². The highest BCUT2D eigenvalue weighted by atomic mass is 19.3. The standard InChI is InChI=1S/C12H22F2N2O/c1-8(7-15)9(2)16-11(17)10-3-5-12(13,14)6-4-10/h8-10H,3-7,15H2,1-2H3,(H,16,17). The molecule has 1 fully saturated rings. The van der Waals surface area contributed by atoms with Crippen LogP contribution in [0.4, 0.5) is 8.78 Å². The molecule has 0 aliphatic heterocycles. The lowest BCUT2D eigenvalue weighted by Gasteiger charge is -2.29. The number of nitrogens with one attached hydrogen (secondary N) is 1. The third-order valence-corrected chi connectivity index (χ3v) is 3.68. The Morgan fingerprint density at radius 3 is 2.41 bits per heavy atom. The van der Waals surface area contributed by atoms with E-state index in [0.717, 1.165) is 0 Å². The number of rotatable bonds is 4. The summed E-state index contributed by atoms with van der Waals surface area (Å²) in [4.78, 5) is 11.8. The minimum absolute atomic E-state index is 0.00469. The number of amides is 1. The average molecular weight is 248 g/mol. The van der Waals surface area contributed by atoms with Gasteiger partial charge < -0.3 is 11.1 Å². The van der Waals surface area contributed by atoms with Crippen molar-refractivity contribution in [1.29, 1.82) is 0 Å². The lowest BCUT2D eigenvalue weighted by molar-refractivity contribution is -0.130. The van der Waals surface area contributed by atoms with Gasteiger partial charge in [-0.05, 0) is 32.2 Å². The van der Waals surface area contributed by atoms with Gasteiger partial charge in [0.15, 0.2) is 0 Å². The van der Waals surface area contributed by atoms with Crippen molar-refractivity contribution in [3.05, 3.63) is 0 Å². The first-order valence-electron chi connectivity index (χ1n) is 6.24. The second kappa shape index (κ2) is 5.76. The fourth-order valence-electron chi connectivity index (χ4n) is 1.99. The molecule has 1 saturated carbocycles. The van der Waals surface area contributed by atoms with Gasteiger partial charge in [0.05, 0.1) is 0 Å². The Bertz CT molecular complexity index is 261. The summed E-state index contributed by atoms with van der Waals surface area (Å²) >= 11 is 0. The molecule has 0 aromatic carbocycles. The number of carbonyl (C=O) groups is 1. The Balaban J connectivity index is 2.39. The van der Waals surface area contributed by atoms with E-state index in [1.54, 1.807) is 0 Å². The molecule has 3 N–H and O–H groups in total. The van der Waals surface area contributed by atoms with Gasteiger partial charge in [-0.1, -0.05) is 6.92 Å². The molecule has 0 radical (unpaired) electrons. The van der Waals surface area contributed by atoms with Gasteiger partial charge in [-0.15, -0.1) is 0 Å². The van der Waals surface area contributed by atoms with Crippen LogP contribution in [0.2, 0.25) is 0 Å². The van der Waals surface area contributed by atoms with Crippen molar-refractivity contribution in [2.24, 2.45) is 17.6 Å². The zero-order chi connectivity index (χ0) is 13.1. The summed E-state index contributed by atoms with van der Waals surface area (Å²) in [5.41, 5.74) is 5.51. The van der Waals surface area contributed by atoms with Crippen LogP contribution in [-0.2, 0) is 4.79 Å². The second-order valence-corrected chi connectivity index (χ2v) is 5.14. The largest absolute Gasteiger partial charge is 0.353 e. The molecule has 0 aromatic rings. The fourth-order valence-corrected chi connectivity index (χ4v) is 1.99. The molecule has 2 atom stereocenters. The SMILES string of the molecule is CC(CN)C(C)NC(=O)C1CCC(F)(F)CC1. The van der Waals surface area contributed by atoms with E-state index in [9.17, 15) is 13.6 Å². The lowest BCUT2D eigenvalue weighted by Crippen LogP contribution is -2.44. The molecule has 0 bridgehead atoms. The predicted molar refractivity (Wildman–Crippen MR) is 62.7 cm³/mol. The summed E-state index contributed by atoms with van der Waals surface area (Å²) in [7, 11) is 0. The predicted octanol–water partition coefficient (Wildman–Crippen LogP) is 1.91. The maximum absolute atomic E-state index is 12.9. The Morgan fingerprint density at radius 2 is 1.94 bits per heavy atom. The molecule has 0 aromatic heterocycles. The van der Waals surface area contributed by atoms with Crippen molar-refractivity contribution in [3.8, 4) is 0 Å². The molecular weight excluding hydrogens is 226 g/mol. The fraction of sp³-hybridized carbons (Fsp3) is 0.917. The topological polar surface area (TPSA) is 55.1 Å². The third kappa shape index (κ3) is 4.22. The van der Waals surface area contributed by atoms with Gasteiger partial charge in [-0.3, -0.25) is 4.79 Å². The molecule has 1 aliphatic carbocycles. The molecule has 100 valence electrons. The van der Waals surface area contributed by atoms with Crippen LogP contribution in [-0.4, -0.2) is 24.4 Å². The Morgan fingerprint density at radius 1 is 1.41 bits per heavy atom. The van der Waals surface area contributed by atoms with Crippen molar-refractivity contribution >= 4 is 5.91 Å². The van der Waals surface area contributed by atoms with Gasteiger partial charge in [0.25, 0.3) is 0 Å². The first-order valence-corrected chi connectivity index (χ1v) is 6.24. The van der Waals surface area contributed by atoms with Crippen LogP contribution >= 0.6 is 0 Å². The van der Waals surface area contributed by atoms with Gasteiger partial charge in [0, 0.05) is 24.8 Å². The highest BCUT2D eigenvalue weighted by Gasteiger charge is 2.37. The summed E-state index contributed by atoms with van der Waals surface area (Å²) < 4.78 is 25.9. The van der Waals surface area contributed by atoms with Crippen molar-refractivity contribution < 1.29 is 13.6 Å². The van der Waals surface area contributed by atoms with Crippen LogP contribution in [0, 0.1) is 11.8 Å². The van der Waals surface area contributed by atoms with E-state index in [1.165, 1.54) is 0 Å². The van der Waals surface area contributed by atoms with E-state index in [4.69, 9.17) is 5.73 Å². The molecule has 0 heterocycles. The Labute approximate surface area is 101 Å². The average Bonchev–Trinajstić information content (AvgIpc) is 2.27. The minimum atomic E-state index is -2.58. The first-order chi connectivity index (χ1) is 7.85. The van der Waals surface area contributed by atoms with Gasteiger partial charge in [-0.2, -0.15) is 0 Å². The lowest BCUT2D eigenvalue weighted by atomic mass is 9.86. The van der Waals surface area contributed by atoms with E-state index in [0.29, 0.717) is 6.54 Å². The number of nitrogens with two attached hydrogens (primary N) is 1. The van der Waals surface area contributed by atoms with E-state index >= 15 is 0 Å². The van der Waals surface area contributed by atoms with Crippen LogP contribution in [0.1, 0.15) is 39.5 Å². The number of carbonyl (C=O) groups excluding carboxylic acids is 1. The smallest absolute Gasteiger partial charge is 0.248 e. The van der Waals surface area contributed by atoms with Gasteiger partial charge in [-0.25, -0.2) is 8.78 Å². The Hall–Kier alpha value is -0.710. The molecule has 1 amide bonds. The quantitative estimate of drug-likeness (QED) is 0.798. The molecule has 1 rings (SSSR count). The van der Waals surface area contributed by atoms with Gasteiger partial charge >= 0.3 is 0 Å². The second-order valence-electron chi connectivity index (χ2n) is 5.14. The minimum Gasteiger partial charge on any atom is -0.353 e. The van der Waals surface area contributed by atoms with E-state index < -0.39 is 5.92 Å². The molecule has 0 saturated heterocycles. The zero-order valence-electron chi connectivity index (χ0n) is 10.5. The van der Waals surface area contributed by atoms with Crippen molar-refractivity contribution in [2.75, 3.05) is 6.54 Å².